The van der Waals surface area contributed by atoms with Crippen LogP contribution in [0.4, 0.5) is 17.2 Å². The molecule has 1 amide bonds. The quantitative estimate of drug-likeness (QED) is 0.566. The van der Waals surface area contributed by atoms with Crippen LogP contribution in [0.5, 0.6) is 0 Å². The first-order chi connectivity index (χ1) is 13.5. The summed E-state index contributed by atoms with van der Waals surface area (Å²) in [6.45, 7) is 2.01. The molecule has 0 radical (unpaired) electrons. The van der Waals surface area contributed by atoms with Crippen LogP contribution in [0.2, 0.25) is 0 Å². The van der Waals surface area contributed by atoms with Crippen molar-refractivity contribution in [3.8, 4) is 0 Å². The molecule has 2 aromatic carbocycles. The van der Waals surface area contributed by atoms with E-state index in [2.05, 4.69) is 43.7 Å². The molecule has 28 heavy (non-hydrogen) atoms. The van der Waals surface area contributed by atoms with Crippen LogP contribution in [0.15, 0.2) is 59.1 Å². The van der Waals surface area contributed by atoms with E-state index in [1.54, 1.807) is 12.1 Å². The Kier molecular flexibility index (Phi) is 5.05. The number of carbonyl (C=O) groups excluding carboxylic acids is 1. The minimum atomic E-state index is -0.209. The van der Waals surface area contributed by atoms with Crippen LogP contribution in [0, 0.1) is 6.92 Å². The number of nitrogen functional groups attached to an aromatic ring is 1. The van der Waals surface area contributed by atoms with Crippen molar-refractivity contribution in [3.05, 3.63) is 81.5 Å². The molecule has 0 bridgehead atoms. The van der Waals surface area contributed by atoms with Gasteiger partial charge in [0.2, 0.25) is 0 Å². The van der Waals surface area contributed by atoms with Crippen LogP contribution in [0.1, 0.15) is 27.2 Å². The highest BCUT2D eigenvalue weighted by molar-refractivity contribution is 9.10. The molecule has 0 spiro atoms. The molecular weight excluding hydrogens is 416 g/mol. The Labute approximate surface area is 172 Å². The fraction of sp³-hybridized carbons (Fsp3) is 0.182. The maximum absolute atomic E-state index is 12.8. The monoisotopic (exact) mass is 436 g/mol. The van der Waals surface area contributed by atoms with Gasteiger partial charge in [-0.3, -0.25) is 4.79 Å². The SMILES string of the molecule is Cc1ccc(Br)cc1Nc1cc(N)cc(C(=O)NC2Cc3ccccc3C2)n1. The highest BCUT2D eigenvalue weighted by atomic mass is 79.9. The molecule has 1 aromatic heterocycles. The second-order valence-corrected chi connectivity index (χ2v) is 8.02. The van der Waals surface area contributed by atoms with Crippen LogP contribution in [0.3, 0.4) is 0 Å². The molecule has 4 rings (SSSR count). The summed E-state index contributed by atoms with van der Waals surface area (Å²) in [7, 11) is 0. The van der Waals surface area contributed by atoms with Gasteiger partial charge in [-0.05, 0) is 54.7 Å². The summed E-state index contributed by atoms with van der Waals surface area (Å²) >= 11 is 3.47. The molecule has 0 saturated heterocycles. The van der Waals surface area contributed by atoms with Gasteiger partial charge in [0, 0.05) is 28.0 Å². The minimum Gasteiger partial charge on any atom is -0.399 e. The third kappa shape index (κ3) is 4.02. The molecule has 0 unspecified atom stereocenters. The molecule has 6 heteroatoms. The third-order valence-electron chi connectivity index (χ3n) is 4.93. The Morgan fingerprint density at radius 2 is 1.82 bits per heavy atom. The molecule has 1 heterocycles. The van der Waals surface area contributed by atoms with Crippen molar-refractivity contribution in [1.82, 2.24) is 10.3 Å². The van der Waals surface area contributed by atoms with Gasteiger partial charge in [0.25, 0.3) is 5.91 Å². The lowest BCUT2D eigenvalue weighted by Crippen LogP contribution is -2.35. The van der Waals surface area contributed by atoms with Crippen molar-refractivity contribution in [3.63, 3.8) is 0 Å². The van der Waals surface area contributed by atoms with Gasteiger partial charge in [-0.15, -0.1) is 0 Å². The largest absolute Gasteiger partial charge is 0.399 e. The summed E-state index contributed by atoms with van der Waals surface area (Å²) in [6.07, 6.45) is 1.68. The number of aryl methyl sites for hydroxylation is 1. The maximum Gasteiger partial charge on any atom is 0.270 e. The number of rotatable bonds is 4. The normalized spacial score (nSPS) is 13.2. The molecule has 0 fully saturated rings. The maximum atomic E-state index is 12.8. The zero-order valence-electron chi connectivity index (χ0n) is 15.5. The number of fused-ring (bicyclic) bond motifs is 1. The number of hydrogen-bond acceptors (Lipinski definition) is 4. The van der Waals surface area contributed by atoms with Gasteiger partial charge < -0.3 is 16.4 Å². The fourth-order valence-electron chi connectivity index (χ4n) is 3.52. The second-order valence-electron chi connectivity index (χ2n) is 7.10. The summed E-state index contributed by atoms with van der Waals surface area (Å²) in [4.78, 5) is 17.2. The Hall–Kier alpha value is -2.86. The number of nitrogens with one attached hydrogen (secondary N) is 2. The number of amides is 1. The van der Waals surface area contributed by atoms with E-state index in [4.69, 9.17) is 5.73 Å². The summed E-state index contributed by atoms with van der Waals surface area (Å²) < 4.78 is 0.961. The first-order valence-corrected chi connectivity index (χ1v) is 9.95. The lowest BCUT2D eigenvalue weighted by Gasteiger charge is -2.14. The molecule has 142 valence electrons. The van der Waals surface area contributed by atoms with Crippen LogP contribution in [-0.4, -0.2) is 16.9 Å². The molecule has 4 N–H and O–H groups in total. The molecule has 0 aliphatic heterocycles. The predicted molar refractivity (Wildman–Crippen MR) is 116 cm³/mol. The van der Waals surface area contributed by atoms with Crippen LogP contribution in [-0.2, 0) is 12.8 Å². The number of anilines is 3. The Bertz CT molecular complexity index is 1030. The molecule has 0 saturated carbocycles. The summed E-state index contributed by atoms with van der Waals surface area (Å²) in [5.41, 5.74) is 11.4. The summed E-state index contributed by atoms with van der Waals surface area (Å²) in [5, 5.41) is 6.34. The first-order valence-electron chi connectivity index (χ1n) is 9.16. The molecule has 5 nitrogen and oxygen atoms in total. The predicted octanol–water partition coefficient (Wildman–Crippen LogP) is 4.38. The van der Waals surface area contributed by atoms with Gasteiger partial charge in [0.05, 0.1) is 0 Å². The zero-order chi connectivity index (χ0) is 19.7. The Balaban J connectivity index is 1.51. The van der Waals surface area contributed by atoms with Gasteiger partial charge in [0.1, 0.15) is 11.5 Å². The lowest BCUT2D eigenvalue weighted by molar-refractivity contribution is 0.0933. The van der Waals surface area contributed by atoms with Crippen LogP contribution < -0.4 is 16.4 Å². The standard InChI is InChI=1S/C22H21BrN4O/c1-13-6-7-16(23)10-19(13)26-21-12-17(24)11-20(27-21)22(28)25-18-8-14-4-2-3-5-15(14)9-18/h2-7,10-12,18H,8-9H2,1H3,(H,25,28)(H3,24,26,27). The topological polar surface area (TPSA) is 80.0 Å². The van der Waals surface area contributed by atoms with E-state index in [9.17, 15) is 4.79 Å². The van der Waals surface area contributed by atoms with Gasteiger partial charge in [-0.25, -0.2) is 4.98 Å². The third-order valence-corrected chi connectivity index (χ3v) is 5.42. The number of hydrogen-bond donors (Lipinski definition) is 3. The van der Waals surface area contributed by atoms with Crippen molar-refractivity contribution in [2.24, 2.45) is 0 Å². The second kappa shape index (κ2) is 7.64. The number of aromatic nitrogens is 1. The fourth-order valence-corrected chi connectivity index (χ4v) is 3.88. The highest BCUT2D eigenvalue weighted by Gasteiger charge is 2.23. The van der Waals surface area contributed by atoms with E-state index in [1.165, 1.54) is 11.1 Å². The molecule has 0 atom stereocenters. The van der Waals surface area contributed by atoms with Crippen molar-refractivity contribution in [1.29, 1.82) is 0 Å². The Morgan fingerprint density at radius 1 is 1.11 bits per heavy atom. The molecule has 1 aliphatic rings. The van der Waals surface area contributed by atoms with Crippen molar-refractivity contribution >= 4 is 39.0 Å². The number of carbonyl (C=O) groups is 1. The molecule has 3 aromatic rings. The van der Waals surface area contributed by atoms with E-state index in [0.29, 0.717) is 17.2 Å². The van der Waals surface area contributed by atoms with Gasteiger partial charge in [0.15, 0.2) is 0 Å². The molecular formula is C22H21BrN4O. The van der Waals surface area contributed by atoms with Gasteiger partial charge in [-0.1, -0.05) is 46.3 Å². The number of pyridine rings is 1. The minimum absolute atomic E-state index is 0.0804. The van der Waals surface area contributed by atoms with E-state index >= 15 is 0 Å². The van der Waals surface area contributed by atoms with E-state index in [-0.39, 0.29) is 11.9 Å². The zero-order valence-corrected chi connectivity index (χ0v) is 17.1. The first kappa shape index (κ1) is 18.5. The smallest absolute Gasteiger partial charge is 0.270 e. The number of benzene rings is 2. The van der Waals surface area contributed by atoms with Crippen LogP contribution in [0.25, 0.3) is 0 Å². The van der Waals surface area contributed by atoms with E-state index in [0.717, 1.165) is 28.6 Å². The van der Waals surface area contributed by atoms with E-state index in [1.807, 2.05) is 37.3 Å². The van der Waals surface area contributed by atoms with Gasteiger partial charge >= 0.3 is 0 Å². The summed E-state index contributed by atoms with van der Waals surface area (Å²) in [6, 6.07) is 17.7. The average molecular weight is 437 g/mol. The van der Waals surface area contributed by atoms with E-state index < -0.39 is 0 Å². The van der Waals surface area contributed by atoms with Crippen molar-refractivity contribution < 1.29 is 4.79 Å². The summed E-state index contributed by atoms with van der Waals surface area (Å²) in [5.74, 6) is 0.333. The number of nitrogens with two attached hydrogens (primary N) is 1. The Morgan fingerprint density at radius 3 is 2.54 bits per heavy atom. The van der Waals surface area contributed by atoms with Crippen molar-refractivity contribution in [2.75, 3.05) is 11.1 Å². The average Bonchev–Trinajstić information content (AvgIpc) is 3.06. The lowest BCUT2D eigenvalue weighted by atomic mass is 10.1. The number of halogens is 1. The van der Waals surface area contributed by atoms with Gasteiger partial charge in [-0.2, -0.15) is 0 Å². The highest BCUT2D eigenvalue weighted by Crippen LogP contribution is 2.25. The van der Waals surface area contributed by atoms with Crippen molar-refractivity contribution in [2.45, 2.75) is 25.8 Å². The number of nitrogens with zero attached hydrogens (tertiary/aromatic N) is 1. The molecule has 1 aliphatic carbocycles. The van der Waals surface area contributed by atoms with Crippen LogP contribution >= 0.6 is 15.9 Å².